The number of hydrogen-bond acceptors (Lipinski definition) is 20. The van der Waals surface area contributed by atoms with Crippen LogP contribution >= 0.6 is 0 Å². The number of rotatable bonds is 10. The average molecular weight is 692 g/mol. The summed E-state index contributed by atoms with van der Waals surface area (Å²) >= 11 is 0. The van der Waals surface area contributed by atoms with E-state index >= 15 is 0 Å². The van der Waals surface area contributed by atoms with Gasteiger partial charge in [0.05, 0.1) is 25.9 Å². The minimum Gasteiger partial charge on any atom is -0.394 e. The highest BCUT2D eigenvalue weighted by atomic mass is 16.8. The van der Waals surface area contributed by atoms with Crippen LogP contribution in [-0.4, -0.2) is 210 Å². The summed E-state index contributed by atoms with van der Waals surface area (Å²) in [4.78, 5) is 11.9. The molecular formula is C26H45NO20. The van der Waals surface area contributed by atoms with Crippen molar-refractivity contribution in [3.05, 3.63) is 0 Å². The Hall–Kier alpha value is -1.29. The normalized spacial score (nSPS) is 51.0. The molecule has 0 aromatic carbocycles. The highest BCUT2D eigenvalue weighted by Crippen LogP contribution is 2.35. The first kappa shape index (κ1) is 38.5. The van der Waals surface area contributed by atoms with Crippen molar-refractivity contribution in [2.75, 3.05) is 19.8 Å². The quantitative estimate of drug-likeness (QED) is 0.101. The number of carbonyl (C=O) groups is 1. The van der Waals surface area contributed by atoms with Gasteiger partial charge in [0.1, 0.15) is 91.5 Å². The number of nitrogens with one attached hydrogen (secondary N) is 1. The molecule has 0 spiro atoms. The van der Waals surface area contributed by atoms with Crippen molar-refractivity contribution in [1.29, 1.82) is 0 Å². The van der Waals surface area contributed by atoms with E-state index in [1.54, 1.807) is 0 Å². The summed E-state index contributed by atoms with van der Waals surface area (Å²) in [6.45, 7) is -0.118. The van der Waals surface area contributed by atoms with E-state index in [-0.39, 0.29) is 0 Å². The summed E-state index contributed by atoms with van der Waals surface area (Å²) < 4.78 is 39.2. The predicted molar refractivity (Wildman–Crippen MR) is 144 cm³/mol. The lowest BCUT2D eigenvalue weighted by atomic mass is 9.94. The van der Waals surface area contributed by atoms with Crippen molar-refractivity contribution in [2.24, 2.45) is 0 Å². The molecule has 20 atom stereocenters. The Morgan fingerprint density at radius 1 is 0.553 bits per heavy atom. The Morgan fingerprint density at radius 3 is 1.62 bits per heavy atom. The van der Waals surface area contributed by atoms with Crippen molar-refractivity contribution in [1.82, 2.24) is 5.32 Å². The lowest BCUT2D eigenvalue weighted by molar-refractivity contribution is -0.396. The first-order valence-corrected chi connectivity index (χ1v) is 15.0. The Kier molecular flexibility index (Phi) is 13.2. The SMILES string of the molecule is CC(=O)N[C@H]1C(O)O[C@H](CO)[C@@H](O)[C@@H]1O[C@@H]1O[C@H](CO)[C@H](O[C@H]2O[C@H](CO)[C@H](O)[C@H](O)[C@H]2O)[C@H](O)[C@H]1O[C@@H]1O[C@@H](C)[C@@H](O)[C@@H](O)[C@@H]1O. The maximum atomic E-state index is 11.9. The van der Waals surface area contributed by atoms with Gasteiger partial charge in [0.15, 0.2) is 25.2 Å². The third-order valence-electron chi connectivity index (χ3n) is 8.57. The summed E-state index contributed by atoms with van der Waals surface area (Å²) in [7, 11) is 0. The second-order valence-corrected chi connectivity index (χ2v) is 11.9. The molecule has 21 nitrogen and oxygen atoms in total. The van der Waals surface area contributed by atoms with Gasteiger partial charge in [-0.2, -0.15) is 0 Å². The monoisotopic (exact) mass is 691 g/mol. The second kappa shape index (κ2) is 16.2. The summed E-state index contributed by atoms with van der Waals surface area (Å²) in [6.07, 6.45) is -32.8. The summed E-state index contributed by atoms with van der Waals surface area (Å²) in [5.41, 5.74) is 0. The first-order chi connectivity index (χ1) is 22.1. The van der Waals surface area contributed by atoms with E-state index in [0.29, 0.717) is 0 Å². The van der Waals surface area contributed by atoms with Crippen LogP contribution in [-0.2, 0) is 38.0 Å². The summed E-state index contributed by atoms with van der Waals surface area (Å²) in [5, 5.41) is 127. The van der Waals surface area contributed by atoms with E-state index in [4.69, 9.17) is 33.2 Å². The topological polar surface area (TPSA) is 336 Å². The fourth-order valence-corrected chi connectivity index (χ4v) is 5.87. The van der Waals surface area contributed by atoms with Crippen LogP contribution in [0.25, 0.3) is 0 Å². The van der Waals surface area contributed by atoms with Crippen LogP contribution in [0.3, 0.4) is 0 Å². The van der Waals surface area contributed by atoms with E-state index in [9.17, 15) is 66.1 Å². The number of amides is 1. The van der Waals surface area contributed by atoms with Gasteiger partial charge in [-0.05, 0) is 6.92 Å². The zero-order valence-electron chi connectivity index (χ0n) is 25.3. The molecule has 21 heteroatoms. The lowest BCUT2D eigenvalue weighted by Crippen LogP contribution is -2.69. The van der Waals surface area contributed by atoms with E-state index in [2.05, 4.69) is 5.32 Å². The minimum absolute atomic E-state index is 0.695. The van der Waals surface area contributed by atoms with Crippen LogP contribution in [0.5, 0.6) is 0 Å². The third-order valence-corrected chi connectivity index (χ3v) is 8.57. The van der Waals surface area contributed by atoms with Crippen LogP contribution in [0.15, 0.2) is 0 Å². The zero-order chi connectivity index (χ0) is 34.9. The molecule has 4 rings (SSSR count). The molecule has 0 bridgehead atoms. The summed E-state index contributed by atoms with van der Waals surface area (Å²) in [6, 6.07) is -1.50. The van der Waals surface area contributed by atoms with E-state index < -0.39 is 148 Å². The Balaban J connectivity index is 1.67. The second-order valence-electron chi connectivity index (χ2n) is 11.9. The molecule has 4 saturated heterocycles. The van der Waals surface area contributed by atoms with Crippen LogP contribution in [0.2, 0.25) is 0 Å². The van der Waals surface area contributed by atoms with Crippen LogP contribution < -0.4 is 5.32 Å². The predicted octanol–water partition coefficient (Wildman–Crippen LogP) is -8.58. The maximum Gasteiger partial charge on any atom is 0.217 e. The summed E-state index contributed by atoms with van der Waals surface area (Å²) in [5.74, 6) is -0.695. The van der Waals surface area contributed by atoms with Crippen molar-refractivity contribution < 1.29 is 99.2 Å². The number of ether oxygens (including phenoxy) is 7. The standard InChI is InChI=1S/C26H45NO20/c1-6-12(32)15(35)17(37)24(41-6)47-22-19(39)20(45-25-18(38)16(36)13(33)8(3-28)43-25)10(5-30)44-26(22)46-21-11(27-7(2)31)23(40)42-9(4-29)14(21)34/h6,8-26,28-30,32-40H,3-5H2,1-2H3,(H,27,31)/t6-,8+,9+,10+,11+,12+,13-,14+,15+,16-,17-,18+,19-,20-,21+,22+,23?,24-,25+,26-/m0/s1. The van der Waals surface area contributed by atoms with Crippen molar-refractivity contribution in [3.63, 3.8) is 0 Å². The Labute approximate surface area is 267 Å². The molecule has 274 valence electrons. The number of hydrogen-bond donors (Lipinski definition) is 13. The molecule has 4 aliphatic heterocycles. The van der Waals surface area contributed by atoms with Gasteiger partial charge in [0.25, 0.3) is 0 Å². The van der Waals surface area contributed by atoms with Crippen molar-refractivity contribution in [3.8, 4) is 0 Å². The van der Waals surface area contributed by atoms with Gasteiger partial charge in [-0.1, -0.05) is 0 Å². The molecule has 0 aromatic rings. The third kappa shape index (κ3) is 8.04. The average Bonchev–Trinajstić information content (AvgIpc) is 3.04. The van der Waals surface area contributed by atoms with Gasteiger partial charge in [-0.15, -0.1) is 0 Å². The number of aliphatic hydroxyl groups excluding tert-OH is 12. The molecule has 4 aliphatic rings. The molecule has 4 fully saturated rings. The smallest absolute Gasteiger partial charge is 0.217 e. The maximum absolute atomic E-state index is 11.9. The van der Waals surface area contributed by atoms with Gasteiger partial charge in [-0.3, -0.25) is 4.79 Å². The molecule has 4 heterocycles. The van der Waals surface area contributed by atoms with E-state index in [1.807, 2.05) is 0 Å². The Bertz CT molecular complexity index is 1010. The van der Waals surface area contributed by atoms with Gasteiger partial charge in [0.2, 0.25) is 5.91 Å². The fourth-order valence-electron chi connectivity index (χ4n) is 5.87. The van der Waals surface area contributed by atoms with Crippen molar-refractivity contribution in [2.45, 2.75) is 137 Å². The fraction of sp³-hybridized carbons (Fsp3) is 0.962. The van der Waals surface area contributed by atoms with Crippen LogP contribution in [0.1, 0.15) is 13.8 Å². The molecule has 0 saturated carbocycles. The molecule has 0 aliphatic carbocycles. The first-order valence-electron chi connectivity index (χ1n) is 15.0. The highest BCUT2D eigenvalue weighted by molar-refractivity contribution is 5.73. The van der Waals surface area contributed by atoms with Gasteiger partial charge < -0.3 is 99.8 Å². The van der Waals surface area contributed by atoms with Crippen molar-refractivity contribution >= 4 is 5.91 Å². The Morgan fingerprint density at radius 2 is 1.04 bits per heavy atom. The molecule has 13 N–H and O–H groups in total. The highest BCUT2D eigenvalue weighted by Gasteiger charge is 2.56. The van der Waals surface area contributed by atoms with E-state index in [1.165, 1.54) is 6.92 Å². The zero-order valence-corrected chi connectivity index (χ0v) is 25.3. The molecule has 1 amide bonds. The molecule has 0 aromatic heterocycles. The molecule has 0 radical (unpaired) electrons. The lowest BCUT2D eigenvalue weighted by Gasteiger charge is -2.50. The number of aliphatic hydroxyl groups is 12. The molecular weight excluding hydrogens is 646 g/mol. The number of carbonyl (C=O) groups excluding carboxylic acids is 1. The van der Waals surface area contributed by atoms with Gasteiger partial charge >= 0.3 is 0 Å². The van der Waals surface area contributed by atoms with E-state index in [0.717, 1.165) is 6.92 Å². The minimum atomic E-state index is -2.01. The molecule has 47 heavy (non-hydrogen) atoms. The van der Waals surface area contributed by atoms with Crippen LogP contribution in [0.4, 0.5) is 0 Å². The van der Waals surface area contributed by atoms with Crippen LogP contribution in [0, 0.1) is 0 Å². The van der Waals surface area contributed by atoms with Gasteiger partial charge in [0, 0.05) is 6.92 Å². The van der Waals surface area contributed by atoms with Gasteiger partial charge in [-0.25, -0.2) is 0 Å². The largest absolute Gasteiger partial charge is 0.394 e. The molecule has 1 unspecified atom stereocenters.